The van der Waals surface area contributed by atoms with E-state index < -0.39 is 0 Å². The molecule has 1 aliphatic heterocycles. The third kappa shape index (κ3) is 0.698. The van der Waals surface area contributed by atoms with E-state index in [-0.39, 0.29) is 0 Å². The summed E-state index contributed by atoms with van der Waals surface area (Å²) < 4.78 is 0. The van der Waals surface area contributed by atoms with Gasteiger partial charge in [-0.2, -0.15) is 0 Å². The number of hydroxylamine groups is 1. The largest absolute Gasteiger partial charge is 0.299 e. The van der Waals surface area contributed by atoms with E-state index in [0.29, 0.717) is 6.10 Å². The fourth-order valence-corrected chi connectivity index (χ4v) is 0.522. The van der Waals surface area contributed by atoms with Gasteiger partial charge in [-0.3, -0.25) is 4.84 Å². The molecule has 1 N–H and O–H groups in total. The molecular formula is C4H9NO. The summed E-state index contributed by atoms with van der Waals surface area (Å²) in [5.41, 5.74) is 2.77. The predicted octanol–water partition coefficient (Wildman–Crippen LogP) is 0.300. The maximum absolute atomic E-state index is 4.90. The lowest BCUT2D eigenvalue weighted by atomic mass is 10.3. The molecule has 0 saturated carbocycles. The summed E-state index contributed by atoms with van der Waals surface area (Å²) in [7, 11) is 0. The Morgan fingerprint density at radius 2 is 2.67 bits per heavy atom. The van der Waals surface area contributed by atoms with E-state index in [1.54, 1.807) is 0 Å². The third-order valence-electron chi connectivity index (χ3n) is 0.937. The molecule has 1 unspecified atom stereocenters. The number of hydrogen-bond acceptors (Lipinski definition) is 2. The lowest BCUT2D eigenvalue weighted by Crippen LogP contribution is -2.05. The van der Waals surface area contributed by atoms with Crippen LogP contribution in [-0.2, 0) is 4.84 Å². The van der Waals surface area contributed by atoms with Gasteiger partial charge in [0, 0.05) is 6.54 Å². The summed E-state index contributed by atoms with van der Waals surface area (Å²) in [4.78, 5) is 4.90. The Kier molecular flexibility index (Phi) is 1.08. The fourth-order valence-electron chi connectivity index (χ4n) is 0.522. The van der Waals surface area contributed by atoms with Gasteiger partial charge in [-0.15, -0.1) is 0 Å². The summed E-state index contributed by atoms with van der Waals surface area (Å²) in [6.45, 7) is 3.07. The van der Waals surface area contributed by atoms with Crippen LogP contribution < -0.4 is 5.48 Å². The minimum atomic E-state index is 0.435. The van der Waals surface area contributed by atoms with Crippen molar-refractivity contribution in [3.05, 3.63) is 0 Å². The number of rotatable bonds is 0. The molecule has 1 atom stereocenters. The number of hydrogen-bond donors (Lipinski definition) is 1. The maximum atomic E-state index is 4.90. The molecular weight excluding hydrogens is 78.0 g/mol. The van der Waals surface area contributed by atoms with Crippen molar-refractivity contribution in [1.82, 2.24) is 5.48 Å². The summed E-state index contributed by atoms with van der Waals surface area (Å²) in [6, 6.07) is 0. The Balaban J connectivity index is 2.18. The molecule has 0 amide bonds. The minimum Gasteiger partial charge on any atom is -0.299 e. The van der Waals surface area contributed by atoms with Gasteiger partial charge >= 0.3 is 0 Å². The monoisotopic (exact) mass is 87.1 g/mol. The van der Waals surface area contributed by atoms with Crippen molar-refractivity contribution in [3.63, 3.8) is 0 Å². The zero-order valence-electron chi connectivity index (χ0n) is 3.90. The molecule has 0 aromatic carbocycles. The van der Waals surface area contributed by atoms with E-state index in [1.807, 2.05) is 0 Å². The van der Waals surface area contributed by atoms with Crippen LogP contribution in [0.2, 0.25) is 0 Å². The van der Waals surface area contributed by atoms with E-state index in [0.717, 1.165) is 13.0 Å². The van der Waals surface area contributed by atoms with Gasteiger partial charge in [0.15, 0.2) is 0 Å². The van der Waals surface area contributed by atoms with Crippen molar-refractivity contribution in [3.8, 4) is 0 Å². The highest BCUT2D eigenvalue weighted by Gasteiger charge is 2.06. The molecule has 0 radical (unpaired) electrons. The van der Waals surface area contributed by atoms with Crippen LogP contribution in [0, 0.1) is 0 Å². The average Bonchev–Trinajstić information content (AvgIpc) is 1.86. The minimum absolute atomic E-state index is 0.435. The average molecular weight is 87.1 g/mol. The summed E-state index contributed by atoms with van der Waals surface area (Å²) in [6.07, 6.45) is 1.59. The van der Waals surface area contributed by atoms with E-state index in [1.165, 1.54) is 0 Å². The molecule has 6 heavy (non-hydrogen) atoms. The van der Waals surface area contributed by atoms with E-state index >= 15 is 0 Å². The van der Waals surface area contributed by atoms with Gasteiger partial charge in [0.25, 0.3) is 0 Å². The van der Waals surface area contributed by atoms with E-state index in [9.17, 15) is 0 Å². The second kappa shape index (κ2) is 1.58. The molecule has 2 heteroatoms. The Labute approximate surface area is 37.4 Å². The smallest absolute Gasteiger partial charge is 0.0775 e. The van der Waals surface area contributed by atoms with Gasteiger partial charge in [-0.05, 0) is 13.3 Å². The van der Waals surface area contributed by atoms with Crippen LogP contribution in [0.5, 0.6) is 0 Å². The van der Waals surface area contributed by atoms with E-state index in [4.69, 9.17) is 4.84 Å². The van der Waals surface area contributed by atoms with Crippen LogP contribution in [0.15, 0.2) is 0 Å². The van der Waals surface area contributed by atoms with Crippen molar-refractivity contribution >= 4 is 0 Å². The summed E-state index contributed by atoms with van der Waals surface area (Å²) in [5, 5.41) is 0. The Morgan fingerprint density at radius 3 is 2.83 bits per heavy atom. The molecule has 0 aromatic rings. The van der Waals surface area contributed by atoms with Gasteiger partial charge in [0.05, 0.1) is 6.10 Å². The molecule has 1 aliphatic rings. The first kappa shape index (κ1) is 4.09. The van der Waals surface area contributed by atoms with Crippen molar-refractivity contribution in [2.45, 2.75) is 19.4 Å². The first-order valence-corrected chi connectivity index (χ1v) is 2.28. The molecule has 0 bridgehead atoms. The highest BCUT2D eigenvalue weighted by molar-refractivity contribution is 4.54. The SMILES string of the molecule is CC1CCNO1. The first-order chi connectivity index (χ1) is 2.89. The van der Waals surface area contributed by atoms with Crippen LogP contribution in [0.1, 0.15) is 13.3 Å². The molecule has 1 rings (SSSR count). The van der Waals surface area contributed by atoms with Gasteiger partial charge < -0.3 is 0 Å². The highest BCUT2D eigenvalue weighted by Crippen LogP contribution is 1.98. The highest BCUT2D eigenvalue weighted by atomic mass is 16.7. The van der Waals surface area contributed by atoms with E-state index in [2.05, 4.69) is 12.4 Å². The van der Waals surface area contributed by atoms with Crippen molar-refractivity contribution in [1.29, 1.82) is 0 Å². The molecule has 0 aliphatic carbocycles. The molecule has 0 spiro atoms. The van der Waals surface area contributed by atoms with Crippen LogP contribution in [0.25, 0.3) is 0 Å². The van der Waals surface area contributed by atoms with Crippen molar-refractivity contribution < 1.29 is 4.84 Å². The standard InChI is InChI=1S/C4H9NO/c1-4-2-3-5-6-4/h4-5H,2-3H2,1H3. The Hall–Kier alpha value is -0.0800. The second-order valence-electron chi connectivity index (χ2n) is 1.61. The predicted molar refractivity (Wildman–Crippen MR) is 23.2 cm³/mol. The topological polar surface area (TPSA) is 21.3 Å². The first-order valence-electron chi connectivity index (χ1n) is 2.28. The molecule has 2 nitrogen and oxygen atoms in total. The van der Waals surface area contributed by atoms with Crippen LogP contribution in [0.4, 0.5) is 0 Å². The number of nitrogens with one attached hydrogen (secondary N) is 1. The van der Waals surface area contributed by atoms with Crippen molar-refractivity contribution in [2.24, 2.45) is 0 Å². The van der Waals surface area contributed by atoms with Gasteiger partial charge in [-0.1, -0.05) is 0 Å². The fraction of sp³-hybridized carbons (Fsp3) is 1.00. The molecule has 36 valence electrons. The summed E-state index contributed by atoms with van der Waals surface area (Å²) >= 11 is 0. The molecule has 0 aromatic heterocycles. The summed E-state index contributed by atoms with van der Waals surface area (Å²) in [5.74, 6) is 0. The van der Waals surface area contributed by atoms with Crippen LogP contribution >= 0.6 is 0 Å². The van der Waals surface area contributed by atoms with Gasteiger partial charge in [0.2, 0.25) is 0 Å². The molecule has 1 heterocycles. The zero-order valence-corrected chi connectivity index (χ0v) is 3.90. The van der Waals surface area contributed by atoms with Crippen LogP contribution in [0.3, 0.4) is 0 Å². The quantitative estimate of drug-likeness (QED) is 0.459. The lowest BCUT2D eigenvalue weighted by Gasteiger charge is -1.93. The van der Waals surface area contributed by atoms with Crippen molar-refractivity contribution in [2.75, 3.05) is 6.54 Å². The molecule has 1 fully saturated rings. The molecule has 1 saturated heterocycles. The second-order valence-corrected chi connectivity index (χ2v) is 1.61. The normalized spacial score (nSPS) is 34.5. The zero-order chi connectivity index (χ0) is 4.41. The van der Waals surface area contributed by atoms with Crippen LogP contribution in [-0.4, -0.2) is 12.6 Å². The third-order valence-corrected chi connectivity index (χ3v) is 0.937. The van der Waals surface area contributed by atoms with Gasteiger partial charge in [-0.25, -0.2) is 5.48 Å². The van der Waals surface area contributed by atoms with Gasteiger partial charge in [0.1, 0.15) is 0 Å². The lowest BCUT2D eigenvalue weighted by molar-refractivity contribution is 0.0453. The Bertz CT molecular complexity index is 40.8. The Morgan fingerprint density at radius 1 is 1.83 bits per heavy atom. The maximum Gasteiger partial charge on any atom is 0.0775 e.